The molecule has 1 N–H and O–H groups in total. The molecule has 3 heteroatoms. The normalized spacial score (nSPS) is 12.2. The van der Waals surface area contributed by atoms with Gasteiger partial charge in [-0.25, -0.2) is 0 Å². The molecule has 2 aromatic rings. The molecule has 1 atom stereocenters. The topological polar surface area (TPSA) is 37.3 Å². The second kappa shape index (κ2) is 5.46. The van der Waals surface area contributed by atoms with Crippen molar-refractivity contribution in [3.8, 4) is 0 Å². The summed E-state index contributed by atoms with van der Waals surface area (Å²) in [6.45, 7) is 3.83. The molecular weight excluding hydrogens is 292 g/mol. The Morgan fingerprint density at radius 1 is 1.17 bits per heavy atom. The highest BCUT2D eigenvalue weighted by Crippen LogP contribution is 2.23. The summed E-state index contributed by atoms with van der Waals surface area (Å²) >= 11 is 3.33. The van der Waals surface area contributed by atoms with Gasteiger partial charge in [0, 0.05) is 10.0 Å². The zero-order valence-corrected chi connectivity index (χ0v) is 11.2. The fourth-order valence-corrected chi connectivity index (χ4v) is 1.92. The van der Waals surface area contributed by atoms with Crippen LogP contribution in [0.4, 0.5) is 0 Å². The lowest BCUT2D eigenvalue weighted by atomic mass is 9.99. The third kappa shape index (κ3) is 2.68. The van der Waals surface area contributed by atoms with Crippen LogP contribution in [0.1, 0.15) is 27.6 Å². The van der Waals surface area contributed by atoms with E-state index in [0.717, 1.165) is 10.0 Å². The van der Waals surface area contributed by atoms with E-state index in [-0.39, 0.29) is 5.78 Å². The van der Waals surface area contributed by atoms with E-state index in [2.05, 4.69) is 22.9 Å². The zero-order chi connectivity index (χ0) is 13.1. The summed E-state index contributed by atoms with van der Waals surface area (Å²) in [7, 11) is 0. The number of rotatable bonds is 3. The maximum Gasteiger partial charge on any atom is 0.195 e. The minimum atomic E-state index is -1.15. The number of carbonyl (C=O) groups excluding carboxylic acids is 1. The molecule has 0 bridgehead atoms. The lowest BCUT2D eigenvalue weighted by Crippen LogP contribution is -2.12. The summed E-state index contributed by atoms with van der Waals surface area (Å²) in [5.41, 5.74) is 1.79. The van der Waals surface area contributed by atoms with E-state index >= 15 is 0 Å². The van der Waals surface area contributed by atoms with Crippen molar-refractivity contribution in [3.63, 3.8) is 0 Å². The fourth-order valence-electron chi connectivity index (χ4n) is 1.68. The SMILES string of the molecule is [CH2]c1cc(C(O)C(=O)c2ccccc2)ccc1Br. The first-order valence-corrected chi connectivity index (χ1v) is 6.27. The minimum absolute atomic E-state index is 0.308. The van der Waals surface area contributed by atoms with Gasteiger partial charge in [-0.2, -0.15) is 0 Å². The van der Waals surface area contributed by atoms with Crippen LogP contribution in [0.2, 0.25) is 0 Å². The number of carbonyl (C=O) groups is 1. The van der Waals surface area contributed by atoms with Crippen molar-refractivity contribution in [2.45, 2.75) is 6.10 Å². The second-order valence-electron chi connectivity index (χ2n) is 3.98. The van der Waals surface area contributed by atoms with Crippen molar-refractivity contribution < 1.29 is 9.90 Å². The predicted octanol–water partition coefficient (Wildman–Crippen LogP) is 3.55. The quantitative estimate of drug-likeness (QED) is 0.881. The van der Waals surface area contributed by atoms with Crippen molar-refractivity contribution >= 4 is 21.7 Å². The monoisotopic (exact) mass is 303 g/mol. The van der Waals surface area contributed by atoms with Gasteiger partial charge < -0.3 is 5.11 Å². The number of hydrogen-bond acceptors (Lipinski definition) is 2. The van der Waals surface area contributed by atoms with E-state index in [1.54, 1.807) is 42.5 Å². The van der Waals surface area contributed by atoms with Crippen LogP contribution >= 0.6 is 15.9 Å². The Hall–Kier alpha value is -1.45. The standard InChI is InChI=1S/C15H12BrO2/c1-10-9-12(7-8-13(10)16)15(18)14(17)11-5-3-2-4-6-11/h2-9,15,18H,1H2. The number of hydrogen-bond donors (Lipinski definition) is 1. The Morgan fingerprint density at radius 3 is 2.44 bits per heavy atom. The van der Waals surface area contributed by atoms with E-state index in [4.69, 9.17) is 0 Å². The predicted molar refractivity (Wildman–Crippen MR) is 74.3 cm³/mol. The van der Waals surface area contributed by atoms with Crippen molar-refractivity contribution in [2.75, 3.05) is 0 Å². The summed E-state index contributed by atoms with van der Waals surface area (Å²) in [6.07, 6.45) is -1.15. The Morgan fingerprint density at radius 2 is 1.83 bits per heavy atom. The number of ketones is 1. The van der Waals surface area contributed by atoms with Crippen molar-refractivity contribution in [2.24, 2.45) is 0 Å². The van der Waals surface area contributed by atoms with Crippen molar-refractivity contribution in [1.29, 1.82) is 0 Å². The minimum Gasteiger partial charge on any atom is -0.380 e. The highest BCUT2D eigenvalue weighted by molar-refractivity contribution is 9.10. The average molecular weight is 304 g/mol. The van der Waals surface area contributed by atoms with Crippen molar-refractivity contribution in [3.05, 3.63) is 76.6 Å². The van der Waals surface area contributed by atoms with E-state index in [1.807, 2.05) is 6.07 Å². The Balaban J connectivity index is 2.28. The summed E-state index contributed by atoms with van der Waals surface area (Å²) in [5, 5.41) is 10.1. The van der Waals surface area contributed by atoms with Gasteiger partial charge in [0.2, 0.25) is 0 Å². The summed E-state index contributed by atoms with van der Waals surface area (Å²) < 4.78 is 0.852. The van der Waals surface area contributed by atoms with Crippen LogP contribution in [0.15, 0.2) is 53.0 Å². The molecule has 0 saturated heterocycles. The lowest BCUT2D eigenvalue weighted by molar-refractivity contribution is 0.0747. The van der Waals surface area contributed by atoms with E-state index in [0.29, 0.717) is 11.1 Å². The van der Waals surface area contributed by atoms with E-state index < -0.39 is 6.10 Å². The molecule has 1 radical (unpaired) electrons. The highest BCUT2D eigenvalue weighted by atomic mass is 79.9. The molecule has 2 aromatic carbocycles. The third-order valence-corrected chi connectivity index (χ3v) is 3.47. The first-order chi connectivity index (χ1) is 8.59. The van der Waals surface area contributed by atoms with Crippen molar-refractivity contribution in [1.82, 2.24) is 0 Å². The van der Waals surface area contributed by atoms with Crippen LogP contribution in [-0.4, -0.2) is 10.9 Å². The molecule has 0 fully saturated rings. The Labute approximate surface area is 114 Å². The van der Waals surface area contributed by atoms with Crippen LogP contribution in [0.3, 0.4) is 0 Å². The van der Waals surface area contributed by atoms with Crippen LogP contribution in [-0.2, 0) is 0 Å². The zero-order valence-electron chi connectivity index (χ0n) is 9.64. The van der Waals surface area contributed by atoms with Gasteiger partial charge in [-0.15, -0.1) is 0 Å². The molecule has 2 rings (SSSR count). The Bertz CT molecular complexity index is 564. The second-order valence-corrected chi connectivity index (χ2v) is 4.84. The molecule has 0 aliphatic rings. The number of halogens is 1. The molecular formula is C15H12BrO2. The van der Waals surface area contributed by atoms with E-state index in [1.165, 1.54) is 0 Å². The highest BCUT2D eigenvalue weighted by Gasteiger charge is 2.19. The molecule has 18 heavy (non-hydrogen) atoms. The molecule has 0 spiro atoms. The fraction of sp³-hybridized carbons (Fsp3) is 0.0667. The first-order valence-electron chi connectivity index (χ1n) is 5.48. The lowest BCUT2D eigenvalue weighted by Gasteiger charge is -2.11. The number of aliphatic hydroxyl groups excluding tert-OH is 1. The van der Waals surface area contributed by atoms with Gasteiger partial charge in [0.05, 0.1) is 0 Å². The van der Waals surface area contributed by atoms with Crippen LogP contribution in [0, 0.1) is 6.92 Å². The average Bonchev–Trinajstić information content (AvgIpc) is 2.41. The van der Waals surface area contributed by atoms with Gasteiger partial charge >= 0.3 is 0 Å². The molecule has 0 aromatic heterocycles. The summed E-state index contributed by atoms with van der Waals surface area (Å²) in [4.78, 5) is 12.1. The summed E-state index contributed by atoms with van der Waals surface area (Å²) in [6, 6.07) is 13.9. The molecule has 2 nitrogen and oxygen atoms in total. The summed E-state index contributed by atoms with van der Waals surface area (Å²) in [5.74, 6) is -0.308. The molecule has 1 unspecified atom stereocenters. The maximum absolute atomic E-state index is 12.1. The van der Waals surface area contributed by atoms with Gasteiger partial charge in [-0.1, -0.05) is 58.4 Å². The molecule has 0 aliphatic carbocycles. The van der Waals surface area contributed by atoms with Gasteiger partial charge in [-0.05, 0) is 24.1 Å². The Kier molecular flexibility index (Phi) is 3.94. The molecule has 91 valence electrons. The molecule has 0 saturated carbocycles. The number of aliphatic hydroxyl groups is 1. The van der Waals surface area contributed by atoms with Crippen LogP contribution in [0.5, 0.6) is 0 Å². The van der Waals surface area contributed by atoms with Gasteiger partial charge in [0.1, 0.15) is 6.10 Å². The van der Waals surface area contributed by atoms with Gasteiger partial charge in [0.25, 0.3) is 0 Å². The third-order valence-electron chi connectivity index (χ3n) is 2.69. The molecule has 0 amide bonds. The molecule has 0 heterocycles. The maximum atomic E-state index is 12.1. The van der Waals surface area contributed by atoms with Crippen LogP contribution in [0.25, 0.3) is 0 Å². The van der Waals surface area contributed by atoms with E-state index in [9.17, 15) is 9.90 Å². The smallest absolute Gasteiger partial charge is 0.195 e. The first kappa shape index (κ1) is 13.0. The largest absolute Gasteiger partial charge is 0.380 e. The van der Waals surface area contributed by atoms with Gasteiger partial charge in [0.15, 0.2) is 5.78 Å². The number of Topliss-reactive ketones (excluding diaryl/α,β-unsaturated/α-hetero) is 1. The van der Waals surface area contributed by atoms with Crippen LogP contribution < -0.4 is 0 Å². The number of benzene rings is 2. The van der Waals surface area contributed by atoms with Gasteiger partial charge in [-0.3, -0.25) is 4.79 Å². The molecule has 0 aliphatic heterocycles.